The van der Waals surface area contributed by atoms with Gasteiger partial charge in [0.05, 0.1) is 39.9 Å². The summed E-state index contributed by atoms with van der Waals surface area (Å²) in [6, 6.07) is -1.07. The minimum absolute atomic E-state index is 0.0407. The van der Waals surface area contributed by atoms with Gasteiger partial charge >= 0.3 is 0 Å². The zero-order valence-electron chi connectivity index (χ0n) is 34.6. The van der Waals surface area contributed by atoms with E-state index in [9.17, 15) is 24.5 Å². The van der Waals surface area contributed by atoms with E-state index < -0.39 is 32.7 Å². The standard InChI is InChI=1S/C42H85N2O7P/c1-6-8-10-12-14-16-18-20-21-22-23-25-27-29-31-33-35-41(46)43-39(38-51-52(48,49)50-37-36-44(3,4)5)42(47)40(45)34-32-30-28-26-24-19-17-15-13-11-9-7-2/h21-22,39-40,42,45,47H,6-20,23-38H2,1-5H3,(H-,43,46,48,49)/b22-21-. The minimum Gasteiger partial charge on any atom is -0.756 e. The largest absolute Gasteiger partial charge is 0.756 e. The molecule has 0 rings (SSSR count). The normalized spacial score (nSPS) is 15.2. The van der Waals surface area contributed by atoms with Crippen molar-refractivity contribution in [3.63, 3.8) is 0 Å². The van der Waals surface area contributed by atoms with Crippen LogP contribution in [0.1, 0.15) is 194 Å². The summed E-state index contributed by atoms with van der Waals surface area (Å²) in [5.41, 5.74) is 0. The Kier molecular flexibility index (Phi) is 34.1. The van der Waals surface area contributed by atoms with Gasteiger partial charge in [0.25, 0.3) is 7.82 Å². The maximum absolute atomic E-state index is 12.9. The maximum atomic E-state index is 12.9. The lowest BCUT2D eigenvalue weighted by atomic mass is 9.99. The zero-order chi connectivity index (χ0) is 38.8. The maximum Gasteiger partial charge on any atom is 0.268 e. The Hall–Kier alpha value is -0.800. The number of phosphoric acid groups is 1. The number of rotatable bonds is 39. The lowest BCUT2D eigenvalue weighted by Crippen LogP contribution is -2.51. The molecule has 0 aromatic heterocycles. The third kappa shape index (κ3) is 34.9. The van der Waals surface area contributed by atoms with Crippen molar-refractivity contribution in [3.8, 4) is 0 Å². The highest BCUT2D eigenvalue weighted by Gasteiger charge is 2.29. The molecule has 0 saturated carbocycles. The van der Waals surface area contributed by atoms with Gasteiger partial charge < -0.3 is 34.0 Å². The second kappa shape index (κ2) is 34.7. The van der Waals surface area contributed by atoms with Crippen LogP contribution in [0.2, 0.25) is 0 Å². The predicted octanol–water partition coefficient (Wildman–Crippen LogP) is 9.92. The van der Waals surface area contributed by atoms with E-state index in [4.69, 9.17) is 9.05 Å². The summed E-state index contributed by atoms with van der Waals surface area (Å²) < 4.78 is 23.1. The molecule has 310 valence electrons. The number of phosphoric ester groups is 1. The molecule has 0 fully saturated rings. The monoisotopic (exact) mass is 761 g/mol. The SMILES string of the molecule is CCCCCCCCC/C=C\CCCCCCCC(=O)NC(COP(=O)([O-])OCC[N+](C)(C)C)C(O)C(O)CCCCCCCCCCCCCC. The molecule has 1 amide bonds. The zero-order valence-corrected chi connectivity index (χ0v) is 35.5. The van der Waals surface area contributed by atoms with Crippen molar-refractivity contribution < 1.29 is 38.0 Å². The quantitative estimate of drug-likeness (QED) is 0.0246. The van der Waals surface area contributed by atoms with Crippen molar-refractivity contribution in [2.45, 2.75) is 212 Å². The van der Waals surface area contributed by atoms with E-state index >= 15 is 0 Å². The van der Waals surface area contributed by atoms with Gasteiger partial charge in [0.2, 0.25) is 5.91 Å². The van der Waals surface area contributed by atoms with E-state index in [1.165, 1.54) is 109 Å². The Bertz CT molecular complexity index is 883. The number of carbonyl (C=O) groups excluding carboxylic acids is 1. The summed E-state index contributed by atoms with van der Waals surface area (Å²) in [6.45, 7) is 4.42. The van der Waals surface area contributed by atoms with Gasteiger partial charge in [-0.2, -0.15) is 0 Å². The first-order chi connectivity index (χ1) is 24.9. The molecule has 0 heterocycles. The number of nitrogens with one attached hydrogen (secondary N) is 1. The molecule has 0 aromatic carbocycles. The lowest BCUT2D eigenvalue weighted by molar-refractivity contribution is -0.870. The summed E-state index contributed by atoms with van der Waals surface area (Å²) in [5, 5.41) is 24.6. The Morgan fingerprint density at radius 3 is 1.56 bits per heavy atom. The van der Waals surface area contributed by atoms with Crippen LogP contribution in [0.3, 0.4) is 0 Å². The van der Waals surface area contributed by atoms with Crippen molar-refractivity contribution in [3.05, 3.63) is 12.2 Å². The average molecular weight is 761 g/mol. The Labute approximate surface area is 321 Å². The van der Waals surface area contributed by atoms with Crippen molar-refractivity contribution in [2.75, 3.05) is 40.9 Å². The molecule has 0 aliphatic heterocycles. The first-order valence-corrected chi connectivity index (χ1v) is 23.1. The summed E-state index contributed by atoms with van der Waals surface area (Å²) in [4.78, 5) is 25.3. The van der Waals surface area contributed by atoms with Crippen LogP contribution in [0, 0.1) is 0 Å². The van der Waals surface area contributed by atoms with Crippen molar-refractivity contribution in [2.24, 2.45) is 0 Å². The fourth-order valence-electron chi connectivity index (χ4n) is 6.31. The smallest absolute Gasteiger partial charge is 0.268 e. The number of allylic oxidation sites excluding steroid dienone is 2. The van der Waals surface area contributed by atoms with E-state index in [0.29, 0.717) is 23.9 Å². The Balaban J connectivity index is 4.53. The summed E-state index contributed by atoms with van der Waals surface area (Å²) in [6.07, 6.45) is 33.8. The highest BCUT2D eigenvalue weighted by molar-refractivity contribution is 7.45. The van der Waals surface area contributed by atoms with E-state index in [1.807, 2.05) is 21.1 Å². The number of nitrogens with zero attached hydrogens (tertiary/aromatic N) is 1. The fraction of sp³-hybridized carbons (Fsp3) is 0.929. The topological polar surface area (TPSA) is 128 Å². The molecule has 0 saturated heterocycles. The molecule has 0 aliphatic rings. The van der Waals surface area contributed by atoms with Gasteiger partial charge in [-0.25, -0.2) is 0 Å². The van der Waals surface area contributed by atoms with Crippen molar-refractivity contribution >= 4 is 13.7 Å². The van der Waals surface area contributed by atoms with Gasteiger partial charge in [0.15, 0.2) is 0 Å². The predicted molar refractivity (Wildman–Crippen MR) is 216 cm³/mol. The van der Waals surface area contributed by atoms with Gasteiger partial charge in [0, 0.05) is 6.42 Å². The number of hydrogen-bond acceptors (Lipinski definition) is 7. The van der Waals surface area contributed by atoms with Crippen LogP contribution in [0.5, 0.6) is 0 Å². The van der Waals surface area contributed by atoms with E-state index in [1.54, 1.807) is 0 Å². The molecule has 4 unspecified atom stereocenters. The average Bonchev–Trinajstić information content (AvgIpc) is 3.09. The first-order valence-electron chi connectivity index (χ1n) is 21.6. The van der Waals surface area contributed by atoms with Crippen LogP contribution in [0.15, 0.2) is 12.2 Å². The van der Waals surface area contributed by atoms with Crippen LogP contribution < -0.4 is 10.2 Å². The van der Waals surface area contributed by atoms with Gasteiger partial charge in [-0.15, -0.1) is 0 Å². The van der Waals surface area contributed by atoms with Gasteiger partial charge in [-0.1, -0.05) is 161 Å². The van der Waals surface area contributed by atoms with E-state index in [-0.39, 0.29) is 18.9 Å². The molecular weight excluding hydrogens is 675 g/mol. The highest BCUT2D eigenvalue weighted by atomic mass is 31.2. The second-order valence-electron chi connectivity index (χ2n) is 16.2. The van der Waals surface area contributed by atoms with Crippen LogP contribution in [0.4, 0.5) is 0 Å². The Morgan fingerprint density at radius 2 is 1.10 bits per heavy atom. The molecule has 9 nitrogen and oxygen atoms in total. The van der Waals surface area contributed by atoms with Crippen LogP contribution in [-0.2, 0) is 18.4 Å². The fourth-order valence-corrected chi connectivity index (χ4v) is 7.03. The molecule has 10 heteroatoms. The highest BCUT2D eigenvalue weighted by Crippen LogP contribution is 2.38. The molecule has 3 N–H and O–H groups in total. The van der Waals surface area contributed by atoms with Crippen molar-refractivity contribution in [1.82, 2.24) is 5.32 Å². The van der Waals surface area contributed by atoms with Gasteiger partial charge in [-0.3, -0.25) is 9.36 Å². The number of amides is 1. The number of quaternary nitrogens is 1. The molecule has 0 aromatic rings. The van der Waals surface area contributed by atoms with Gasteiger partial charge in [0.1, 0.15) is 19.3 Å². The molecule has 0 spiro atoms. The van der Waals surface area contributed by atoms with E-state index in [2.05, 4.69) is 31.3 Å². The number of carbonyl (C=O) groups is 1. The minimum atomic E-state index is -4.66. The summed E-state index contributed by atoms with van der Waals surface area (Å²) in [7, 11) is 1.12. The number of aliphatic hydroxyl groups excluding tert-OH is 2. The molecular formula is C42H85N2O7P. The Morgan fingerprint density at radius 1 is 0.673 bits per heavy atom. The van der Waals surface area contributed by atoms with Crippen LogP contribution in [0.25, 0.3) is 0 Å². The van der Waals surface area contributed by atoms with Crippen LogP contribution >= 0.6 is 7.82 Å². The number of unbranched alkanes of at least 4 members (excludes halogenated alkanes) is 23. The number of hydrogen-bond donors (Lipinski definition) is 3. The molecule has 52 heavy (non-hydrogen) atoms. The third-order valence-electron chi connectivity index (χ3n) is 9.85. The molecule has 0 radical (unpaired) electrons. The number of aliphatic hydroxyl groups is 2. The summed E-state index contributed by atoms with van der Waals surface area (Å²) >= 11 is 0. The second-order valence-corrected chi connectivity index (χ2v) is 17.6. The summed E-state index contributed by atoms with van der Waals surface area (Å²) in [5.74, 6) is -0.287. The first kappa shape index (κ1) is 51.2. The lowest BCUT2D eigenvalue weighted by Gasteiger charge is -2.31. The molecule has 0 bridgehead atoms. The van der Waals surface area contributed by atoms with E-state index in [0.717, 1.165) is 51.4 Å². The molecule has 0 aliphatic carbocycles. The third-order valence-corrected chi connectivity index (χ3v) is 10.8. The number of likely N-dealkylation sites (N-methyl/N-ethyl adjacent to an activating group) is 1. The van der Waals surface area contributed by atoms with Crippen LogP contribution in [-0.4, -0.2) is 79.8 Å². The van der Waals surface area contributed by atoms with Gasteiger partial charge in [-0.05, 0) is 38.5 Å². The van der Waals surface area contributed by atoms with Crippen molar-refractivity contribution in [1.29, 1.82) is 0 Å². The molecule has 4 atom stereocenters.